The Morgan fingerprint density at radius 2 is 1.24 bits per heavy atom. The van der Waals surface area contributed by atoms with Gasteiger partial charge < -0.3 is 42.7 Å². The van der Waals surface area contributed by atoms with Crippen LogP contribution in [0.2, 0.25) is 0 Å². The Hall–Kier alpha value is -3.26. The van der Waals surface area contributed by atoms with Gasteiger partial charge in [0, 0.05) is 6.42 Å². The Bertz CT molecular complexity index is 728. The summed E-state index contributed by atoms with van der Waals surface area (Å²) in [4.78, 5) is 70.5. The van der Waals surface area contributed by atoms with Crippen molar-refractivity contribution in [3.8, 4) is 0 Å². The zero-order valence-corrected chi connectivity index (χ0v) is 18.6. The van der Waals surface area contributed by atoms with E-state index >= 15 is 0 Å². The maximum Gasteiger partial charge on any atom is 0.326 e. The molecule has 0 radical (unpaired) electrons. The maximum atomic E-state index is 12.7. The van der Waals surface area contributed by atoms with Crippen LogP contribution in [-0.4, -0.2) is 81.7 Å². The Morgan fingerprint density at radius 3 is 1.67 bits per heavy atom. The number of hydrogen-bond acceptors (Lipinski definition) is 8. The number of carboxylic acids is 3. The van der Waals surface area contributed by atoms with Gasteiger partial charge in [-0.25, -0.2) is 4.79 Å². The van der Waals surface area contributed by atoms with Gasteiger partial charge in [0.15, 0.2) is 0 Å². The lowest BCUT2D eigenvalue weighted by molar-refractivity contribution is -0.147. The average molecular weight is 475 g/mol. The summed E-state index contributed by atoms with van der Waals surface area (Å²) in [5, 5.41) is 33.5. The minimum Gasteiger partial charge on any atom is -0.481 e. The third kappa shape index (κ3) is 12.4. The quantitative estimate of drug-likeness (QED) is 0.117. The fourth-order valence-corrected chi connectivity index (χ4v) is 2.79. The number of hydrogen-bond donors (Lipinski definition) is 8. The van der Waals surface area contributed by atoms with E-state index in [-0.39, 0.29) is 25.3 Å². The van der Waals surface area contributed by atoms with Gasteiger partial charge in [0.2, 0.25) is 17.7 Å². The van der Waals surface area contributed by atoms with Crippen molar-refractivity contribution < 1.29 is 44.1 Å². The van der Waals surface area contributed by atoms with E-state index in [9.17, 15) is 28.8 Å². The minimum atomic E-state index is -1.75. The van der Waals surface area contributed by atoms with E-state index in [0.29, 0.717) is 6.42 Å². The highest BCUT2D eigenvalue weighted by molar-refractivity contribution is 5.94. The number of carboxylic acid groups (broad SMARTS) is 3. The van der Waals surface area contributed by atoms with Crippen molar-refractivity contribution in [1.82, 2.24) is 16.0 Å². The molecule has 188 valence electrons. The van der Waals surface area contributed by atoms with Crippen LogP contribution < -0.4 is 27.4 Å². The molecule has 0 aromatic heterocycles. The lowest BCUT2D eigenvalue weighted by Gasteiger charge is -2.25. The number of carbonyl (C=O) groups excluding carboxylic acids is 3. The highest BCUT2D eigenvalue weighted by Gasteiger charge is 2.31. The van der Waals surface area contributed by atoms with Crippen molar-refractivity contribution in [2.75, 3.05) is 6.54 Å². The van der Waals surface area contributed by atoms with E-state index in [2.05, 4.69) is 10.6 Å². The molecule has 0 saturated heterocycles. The van der Waals surface area contributed by atoms with E-state index in [0.717, 1.165) is 0 Å². The first kappa shape index (κ1) is 29.7. The van der Waals surface area contributed by atoms with E-state index in [4.69, 9.17) is 26.8 Å². The molecule has 0 saturated carbocycles. The zero-order valence-electron chi connectivity index (χ0n) is 18.6. The van der Waals surface area contributed by atoms with E-state index < -0.39 is 72.6 Å². The molecule has 33 heavy (non-hydrogen) atoms. The summed E-state index contributed by atoms with van der Waals surface area (Å²) in [6.07, 6.45) is -1.48. The normalized spacial score (nSPS) is 14.5. The van der Waals surface area contributed by atoms with Crippen molar-refractivity contribution in [3.05, 3.63) is 0 Å². The van der Waals surface area contributed by atoms with Crippen LogP contribution in [0.3, 0.4) is 0 Å². The van der Waals surface area contributed by atoms with Crippen molar-refractivity contribution in [2.24, 2.45) is 17.4 Å². The summed E-state index contributed by atoms with van der Waals surface area (Å²) in [7, 11) is 0. The van der Waals surface area contributed by atoms with Crippen LogP contribution in [0.15, 0.2) is 0 Å². The van der Waals surface area contributed by atoms with Crippen LogP contribution in [0.1, 0.15) is 46.0 Å². The predicted molar refractivity (Wildman–Crippen MR) is 114 cm³/mol. The van der Waals surface area contributed by atoms with Crippen LogP contribution in [0.5, 0.6) is 0 Å². The second kappa shape index (κ2) is 14.7. The van der Waals surface area contributed by atoms with Gasteiger partial charge in [-0.2, -0.15) is 0 Å². The van der Waals surface area contributed by atoms with Crippen LogP contribution in [0.4, 0.5) is 0 Å². The highest BCUT2D eigenvalue weighted by Crippen LogP contribution is 2.06. The molecule has 0 unspecified atom stereocenters. The van der Waals surface area contributed by atoms with E-state index in [1.54, 1.807) is 0 Å². The summed E-state index contributed by atoms with van der Waals surface area (Å²) in [5.41, 5.74) is 11.2. The van der Waals surface area contributed by atoms with E-state index in [1.165, 1.54) is 0 Å². The molecule has 0 aliphatic rings. The number of amides is 3. The van der Waals surface area contributed by atoms with Crippen LogP contribution >= 0.6 is 0 Å². The molecule has 0 heterocycles. The van der Waals surface area contributed by atoms with Gasteiger partial charge >= 0.3 is 17.9 Å². The molecule has 14 heteroatoms. The number of nitrogens with one attached hydrogen (secondary N) is 3. The lowest BCUT2D eigenvalue weighted by atomic mass is 10.0. The zero-order chi connectivity index (χ0) is 25.7. The standard InChI is InChI=1S/C19H33N5O9/c1-9(2)7-10(21)16(29)22-11(3-4-14(25)26)17(30)23-12(5-6-20)18(31)24-13(19(32)33)8-15(27)28/h9-13H,3-8,20-21H2,1-2H3,(H,22,29)(H,23,30)(H,24,31)(H,25,26)(H,27,28)(H,32,33)/t10-,11-,12-,13-/m0/s1. The van der Waals surface area contributed by atoms with Crippen molar-refractivity contribution in [3.63, 3.8) is 0 Å². The summed E-state index contributed by atoms with van der Waals surface area (Å²) >= 11 is 0. The average Bonchev–Trinajstić information content (AvgIpc) is 2.68. The molecule has 14 nitrogen and oxygen atoms in total. The number of nitrogens with two attached hydrogens (primary N) is 2. The van der Waals surface area contributed by atoms with Crippen molar-refractivity contribution >= 4 is 35.6 Å². The summed E-state index contributed by atoms with van der Waals surface area (Å²) in [6, 6.07) is -5.38. The predicted octanol–water partition coefficient (Wildman–Crippen LogP) is -2.41. The second-order valence-corrected chi connectivity index (χ2v) is 7.87. The topological polar surface area (TPSA) is 251 Å². The summed E-state index contributed by atoms with van der Waals surface area (Å²) < 4.78 is 0. The number of aliphatic carboxylic acids is 3. The fraction of sp³-hybridized carbons (Fsp3) is 0.684. The largest absolute Gasteiger partial charge is 0.481 e. The number of carbonyl (C=O) groups is 6. The molecule has 0 bridgehead atoms. The van der Waals surface area contributed by atoms with Crippen molar-refractivity contribution in [1.29, 1.82) is 0 Å². The maximum absolute atomic E-state index is 12.7. The molecule has 0 aliphatic heterocycles. The smallest absolute Gasteiger partial charge is 0.326 e. The van der Waals surface area contributed by atoms with Crippen LogP contribution in [0, 0.1) is 5.92 Å². The monoisotopic (exact) mass is 475 g/mol. The molecule has 0 aliphatic carbocycles. The summed E-state index contributed by atoms with van der Waals surface area (Å²) in [5.74, 6) is -6.76. The first-order valence-corrected chi connectivity index (χ1v) is 10.3. The Labute approximate surface area is 190 Å². The van der Waals surface area contributed by atoms with E-state index in [1.807, 2.05) is 19.2 Å². The Morgan fingerprint density at radius 1 is 0.758 bits per heavy atom. The van der Waals surface area contributed by atoms with Crippen LogP contribution in [0.25, 0.3) is 0 Å². The second-order valence-electron chi connectivity index (χ2n) is 7.87. The third-order valence-electron chi connectivity index (χ3n) is 4.42. The molecular weight excluding hydrogens is 442 g/mol. The lowest BCUT2D eigenvalue weighted by Crippen LogP contribution is -2.57. The van der Waals surface area contributed by atoms with Gasteiger partial charge in [0.25, 0.3) is 0 Å². The van der Waals surface area contributed by atoms with Gasteiger partial charge in [-0.1, -0.05) is 13.8 Å². The number of rotatable bonds is 16. The molecule has 4 atom stereocenters. The molecular formula is C19H33N5O9. The van der Waals surface area contributed by atoms with Crippen LogP contribution in [-0.2, 0) is 28.8 Å². The van der Waals surface area contributed by atoms with Gasteiger partial charge in [-0.3, -0.25) is 24.0 Å². The molecule has 0 spiro atoms. The molecule has 0 rings (SSSR count). The first-order chi connectivity index (χ1) is 15.3. The Kier molecular flexibility index (Phi) is 13.3. The third-order valence-corrected chi connectivity index (χ3v) is 4.42. The summed E-state index contributed by atoms with van der Waals surface area (Å²) in [6.45, 7) is 3.58. The minimum absolute atomic E-state index is 0.0858. The molecule has 0 fully saturated rings. The Balaban J connectivity index is 5.44. The van der Waals surface area contributed by atoms with Gasteiger partial charge in [-0.15, -0.1) is 0 Å². The molecule has 3 amide bonds. The van der Waals surface area contributed by atoms with Gasteiger partial charge in [0.05, 0.1) is 12.5 Å². The molecule has 0 aromatic carbocycles. The SMILES string of the molecule is CC(C)C[C@H](N)C(=O)N[C@@H](CCC(=O)O)C(=O)N[C@@H](CCN)C(=O)N[C@@H](CC(=O)O)C(=O)O. The first-order valence-electron chi connectivity index (χ1n) is 10.3. The molecule has 10 N–H and O–H groups in total. The van der Waals surface area contributed by atoms with Gasteiger partial charge in [-0.05, 0) is 31.7 Å². The van der Waals surface area contributed by atoms with Gasteiger partial charge in [0.1, 0.15) is 18.1 Å². The molecule has 0 aromatic rings. The van der Waals surface area contributed by atoms with Crippen molar-refractivity contribution in [2.45, 2.75) is 70.1 Å². The fourth-order valence-electron chi connectivity index (χ4n) is 2.79. The highest BCUT2D eigenvalue weighted by atomic mass is 16.4.